The van der Waals surface area contributed by atoms with Crippen LogP contribution in [0.3, 0.4) is 0 Å². The van der Waals surface area contributed by atoms with Crippen LogP contribution in [0.4, 0.5) is 0 Å². The summed E-state index contributed by atoms with van der Waals surface area (Å²) in [6.07, 6.45) is 1.62. The maximum atomic E-state index is 9.71. The van der Waals surface area contributed by atoms with Crippen LogP contribution in [0.25, 0.3) is 11.1 Å². The van der Waals surface area contributed by atoms with Crippen LogP contribution in [0, 0.1) is 18.3 Å². The second-order valence-corrected chi connectivity index (χ2v) is 9.14. The molecule has 0 saturated heterocycles. The van der Waals surface area contributed by atoms with Crippen LogP contribution < -0.4 is 0 Å². The van der Waals surface area contributed by atoms with Gasteiger partial charge in [-0.25, -0.2) is 0 Å². The van der Waals surface area contributed by atoms with E-state index >= 15 is 0 Å². The molecule has 0 bridgehead atoms. The predicted octanol–water partition coefficient (Wildman–Crippen LogP) is 7.42. The van der Waals surface area contributed by atoms with Crippen LogP contribution in [-0.2, 0) is 11.3 Å². The van der Waals surface area contributed by atoms with Gasteiger partial charge in [0.1, 0.15) is 6.10 Å². The smallest absolute Gasteiger partial charge is 0.119 e. The molecule has 1 heterocycles. The van der Waals surface area contributed by atoms with Crippen LogP contribution in [0.1, 0.15) is 58.6 Å². The number of ether oxygens (including phenoxy) is 1. The first-order chi connectivity index (χ1) is 15.6. The van der Waals surface area contributed by atoms with Crippen molar-refractivity contribution in [2.45, 2.75) is 39.4 Å². The molecule has 4 aromatic rings. The molecule has 3 aromatic carbocycles. The molecule has 0 spiro atoms. The van der Waals surface area contributed by atoms with E-state index in [1.54, 1.807) is 11.3 Å². The van der Waals surface area contributed by atoms with Crippen molar-refractivity contribution in [3.8, 4) is 17.2 Å². The Balaban J connectivity index is 1.68. The Morgan fingerprint density at radius 2 is 1.72 bits per heavy atom. The first kappa shape index (κ1) is 22.0. The summed E-state index contributed by atoms with van der Waals surface area (Å²) in [7, 11) is 0. The largest absolute Gasteiger partial charge is 0.363 e. The zero-order valence-electron chi connectivity index (χ0n) is 18.6. The van der Waals surface area contributed by atoms with Gasteiger partial charge in [-0.1, -0.05) is 68.4 Å². The van der Waals surface area contributed by atoms with Gasteiger partial charge in [0, 0.05) is 11.8 Å². The number of benzene rings is 3. The molecule has 0 aliphatic heterocycles. The molecule has 160 valence electrons. The van der Waals surface area contributed by atoms with Gasteiger partial charge in [0.2, 0.25) is 0 Å². The SMILES string of the molecule is Cc1ccccc1-c1cc(C(OCc2ccc(C(C)C)cc2)c2cncs2)ccc1C#N. The van der Waals surface area contributed by atoms with Gasteiger partial charge in [0.25, 0.3) is 0 Å². The van der Waals surface area contributed by atoms with E-state index in [2.05, 4.69) is 74.3 Å². The summed E-state index contributed by atoms with van der Waals surface area (Å²) in [6.45, 7) is 6.96. The summed E-state index contributed by atoms with van der Waals surface area (Å²) in [5, 5.41) is 9.71. The van der Waals surface area contributed by atoms with E-state index in [0.717, 1.165) is 32.7 Å². The number of thiazole rings is 1. The predicted molar refractivity (Wildman–Crippen MR) is 131 cm³/mol. The first-order valence-corrected chi connectivity index (χ1v) is 11.6. The van der Waals surface area contributed by atoms with Gasteiger partial charge >= 0.3 is 0 Å². The molecule has 4 rings (SSSR count). The van der Waals surface area contributed by atoms with Gasteiger partial charge < -0.3 is 4.74 Å². The monoisotopic (exact) mass is 438 g/mol. The van der Waals surface area contributed by atoms with E-state index in [4.69, 9.17) is 4.74 Å². The summed E-state index contributed by atoms with van der Waals surface area (Å²) in [6, 6.07) is 25.1. The molecule has 0 aliphatic rings. The van der Waals surface area contributed by atoms with Crippen LogP contribution in [0.2, 0.25) is 0 Å². The van der Waals surface area contributed by atoms with Crippen molar-refractivity contribution in [2.24, 2.45) is 0 Å². The van der Waals surface area contributed by atoms with Gasteiger partial charge in [0.15, 0.2) is 0 Å². The average molecular weight is 439 g/mol. The highest BCUT2D eigenvalue weighted by molar-refractivity contribution is 7.09. The van der Waals surface area contributed by atoms with Crippen LogP contribution >= 0.6 is 11.3 Å². The third-order valence-electron chi connectivity index (χ3n) is 5.67. The number of aryl methyl sites for hydroxylation is 1. The molecule has 0 N–H and O–H groups in total. The molecule has 0 aliphatic carbocycles. The van der Waals surface area contributed by atoms with Gasteiger partial charge in [0.05, 0.1) is 28.6 Å². The molecule has 1 aromatic heterocycles. The molecule has 4 heteroatoms. The van der Waals surface area contributed by atoms with Crippen LogP contribution in [0.15, 0.2) is 78.4 Å². The Bertz CT molecular complexity index is 1220. The summed E-state index contributed by atoms with van der Waals surface area (Å²) in [5.41, 5.74) is 9.11. The van der Waals surface area contributed by atoms with Crippen molar-refractivity contribution in [3.05, 3.63) is 111 Å². The molecule has 0 amide bonds. The van der Waals surface area contributed by atoms with E-state index in [1.807, 2.05) is 36.0 Å². The van der Waals surface area contributed by atoms with Crippen molar-refractivity contribution < 1.29 is 4.74 Å². The van der Waals surface area contributed by atoms with E-state index in [0.29, 0.717) is 18.1 Å². The van der Waals surface area contributed by atoms with Crippen molar-refractivity contribution >= 4 is 11.3 Å². The lowest BCUT2D eigenvalue weighted by Gasteiger charge is -2.19. The molecular weight excluding hydrogens is 412 g/mol. The zero-order valence-corrected chi connectivity index (χ0v) is 19.4. The van der Waals surface area contributed by atoms with E-state index < -0.39 is 0 Å². The number of nitriles is 1. The minimum atomic E-state index is -0.247. The Morgan fingerprint density at radius 1 is 0.969 bits per heavy atom. The third-order valence-corrected chi connectivity index (χ3v) is 6.49. The fraction of sp³-hybridized carbons (Fsp3) is 0.214. The second-order valence-electron chi connectivity index (χ2n) is 8.22. The average Bonchev–Trinajstić information content (AvgIpc) is 3.34. The maximum absolute atomic E-state index is 9.71. The fourth-order valence-electron chi connectivity index (χ4n) is 3.80. The standard InChI is InChI=1S/C28H26N2OS/c1-19(2)22-10-8-21(9-11-22)17-31-28(27-16-30-18-32-27)23-12-13-24(15-29)26(14-23)25-7-5-4-6-20(25)3/h4-14,16,18-19,28H,17H2,1-3H3. The maximum Gasteiger partial charge on any atom is 0.119 e. The van der Waals surface area contributed by atoms with Crippen molar-refractivity contribution in [3.63, 3.8) is 0 Å². The number of rotatable bonds is 7. The zero-order chi connectivity index (χ0) is 22.5. The molecule has 3 nitrogen and oxygen atoms in total. The number of hydrogen-bond acceptors (Lipinski definition) is 4. The highest BCUT2D eigenvalue weighted by Crippen LogP contribution is 2.35. The highest BCUT2D eigenvalue weighted by atomic mass is 32.1. The Morgan fingerprint density at radius 3 is 2.38 bits per heavy atom. The van der Waals surface area contributed by atoms with Crippen LogP contribution in [0.5, 0.6) is 0 Å². The third kappa shape index (κ3) is 4.80. The van der Waals surface area contributed by atoms with E-state index in [1.165, 1.54) is 5.56 Å². The van der Waals surface area contributed by atoms with Gasteiger partial charge in [-0.05, 0) is 52.8 Å². The highest BCUT2D eigenvalue weighted by Gasteiger charge is 2.19. The quantitative estimate of drug-likeness (QED) is 0.301. The Kier molecular flexibility index (Phi) is 6.80. The second kappa shape index (κ2) is 9.91. The van der Waals surface area contributed by atoms with Gasteiger partial charge in [-0.2, -0.15) is 5.26 Å². The van der Waals surface area contributed by atoms with Crippen molar-refractivity contribution in [1.29, 1.82) is 5.26 Å². The lowest BCUT2D eigenvalue weighted by atomic mass is 9.93. The summed E-state index contributed by atoms with van der Waals surface area (Å²) in [4.78, 5) is 5.31. The first-order valence-electron chi connectivity index (χ1n) is 10.8. The van der Waals surface area contributed by atoms with Gasteiger partial charge in [-0.15, -0.1) is 11.3 Å². The number of hydrogen-bond donors (Lipinski definition) is 0. The van der Waals surface area contributed by atoms with Crippen molar-refractivity contribution in [2.75, 3.05) is 0 Å². The summed E-state index contributed by atoms with van der Waals surface area (Å²) >= 11 is 1.58. The fourth-order valence-corrected chi connectivity index (χ4v) is 4.49. The van der Waals surface area contributed by atoms with E-state index in [9.17, 15) is 5.26 Å². The number of nitrogens with zero attached hydrogens (tertiary/aromatic N) is 2. The van der Waals surface area contributed by atoms with Gasteiger partial charge in [-0.3, -0.25) is 4.98 Å². The number of aromatic nitrogens is 1. The lowest BCUT2D eigenvalue weighted by molar-refractivity contribution is 0.0689. The molecule has 0 fully saturated rings. The normalized spacial score (nSPS) is 12.0. The van der Waals surface area contributed by atoms with Crippen molar-refractivity contribution in [1.82, 2.24) is 4.98 Å². The molecular formula is C28H26N2OS. The minimum absolute atomic E-state index is 0.247. The Labute approximate surface area is 194 Å². The topological polar surface area (TPSA) is 45.9 Å². The molecule has 0 saturated carbocycles. The summed E-state index contributed by atoms with van der Waals surface area (Å²) in [5.74, 6) is 0.508. The van der Waals surface area contributed by atoms with E-state index in [-0.39, 0.29) is 6.10 Å². The molecule has 0 radical (unpaired) electrons. The van der Waals surface area contributed by atoms with Crippen LogP contribution in [-0.4, -0.2) is 4.98 Å². The summed E-state index contributed by atoms with van der Waals surface area (Å²) < 4.78 is 6.44. The lowest BCUT2D eigenvalue weighted by Crippen LogP contribution is -2.06. The minimum Gasteiger partial charge on any atom is -0.363 e. The molecule has 32 heavy (non-hydrogen) atoms. The molecule has 1 atom stereocenters. The Hall–Kier alpha value is -3.26. The molecule has 1 unspecified atom stereocenters.